The van der Waals surface area contributed by atoms with Gasteiger partial charge in [0, 0.05) is 36.2 Å². The number of nitrogens with zero attached hydrogens (tertiary/aromatic N) is 1. The summed E-state index contributed by atoms with van der Waals surface area (Å²) in [4.78, 5) is 27.4. The Morgan fingerprint density at radius 3 is 2.83 bits per heavy atom. The Hall–Kier alpha value is -1.49. The number of amides is 2. The highest BCUT2D eigenvalue weighted by molar-refractivity contribution is 8.00. The van der Waals surface area contributed by atoms with E-state index < -0.39 is 0 Å². The van der Waals surface area contributed by atoms with E-state index >= 15 is 0 Å². The number of thioether (sulfide) groups is 1. The van der Waals surface area contributed by atoms with Crippen LogP contribution in [0.3, 0.4) is 0 Å². The van der Waals surface area contributed by atoms with Crippen LogP contribution in [-0.2, 0) is 4.79 Å². The fourth-order valence-electron chi connectivity index (χ4n) is 3.24. The molecule has 0 bridgehead atoms. The van der Waals surface area contributed by atoms with Crippen molar-refractivity contribution in [1.82, 2.24) is 10.2 Å². The third-order valence-electron chi connectivity index (χ3n) is 4.56. The molecule has 0 atom stereocenters. The van der Waals surface area contributed by atoms with Gasteiger partial charge in [-0.05, 0) is 31.9 Å². The van der Waals surface area contributed by atoms with Crippen LogP contribution in [0.1, 0.15) is 48.0 Å². The Bertz CT molecular complexity index is 597. The monoisotopic (exact) mass is 332 g/mol. The van der Waals surface area contributed by atoms with Crippen LogP contribution in [0.25, 0.3) is 0 Å². The van der Waals surface area contributed by atoms with Crippen molar-refractivity contribution in [2.24, 2.45) is 0 Å². The van der Waals surface area contributed by atoms with Crippen LogP contribution in [0.4, 0.5) is 0 Å². The van der Waals surface area contributed by atoms with Crippen LogP contribution in [0.5, 0.6) is 0 Å². The zero-order valence-corrected chi connectivity index (χ0v) is 14.5. The molecule has 1 aromatic rings. The fourth-order valence-corrected chi connectivity index (χ4v) is 4.59. The number of hydrogen-bond donors (Lipinski definition) is 1. The van der Waals surface area contributed by atoms with Gasteiger partial charge in [0.15, 0.2) is 0 Å². The van der Waals surface area contributed by atoms with Crippen LogP contribution < -0.4 is 5.32 Å². The molecule has 1 aliphatic carbocycles. The Morgan fingerprint density at radius 2 is 2.04 bits per heavy atom. The van der Waals surface area contributed by atoms with Gasteiger partial charge in [0.05, 0.1) is 5.56 Å². The van der Waals surface area contributed by atoms with Crippen LogP contribution in [0.15, 0.2) is 23.1 Å². The average Bonchev–Trinajstić information content (AvgIpc) is 2.95. The van der Waals surface area contributed by atoms with Crippen LogP contribution in [0, 0.1) is 6.92 Å². The molecule has 23 heavy (non-hydrogen) atoms. The Morgan fingerprint density at radius 1 is 1.26 bits per heavy atom. The molecule has 1 aliphatic heterocycles. The van der Waals surface area contributed by atoms with Gasteiger partial charge in [0.1, 0.15) is 0 Å². The van der Waals surface area contributed by atoms with Gasteiger partial charge < -0.3 is 10.2 Å². The van der Waals surface area contributed by atoms with Gasteiger partial charge in [0.2, 0.25) is 5.91 Å². The smallest absolute Gasteiger partial charge is 0.255 e. The predicted molar refractivity (Wildman–Crippen MR) is 92.8 cm³/mol. The Labute approximate surface area is 142 Å². The van der Waals surface area contributed by atoms with E-state index in [1.54, 1.807) is 0 Å². The number of rotatable bonds is 3. The molecule has 2 fully saturated rings. The molecule has 1 saturated carbocycles. The second kappa shape index (κ2) is 7.39. The molecule has 3 rings (SSSR count). The van der Waals surface area contributed by atoms with E-state index in [2.05, 4.69) is 17.4 Å². The van der Waals surface area contributed by atoms with Gasteiger partial charge in [-0.2, -0.15) is 0 Å². The van der Waals surface area contributed by atoms with E-state index in [9.17, 15) is 9.59 Å². The van der Waals surface area contributed by atoms with Crippen molar-refractivity contribution >= 4 is 23.6 Å². The first-order valence-corrected chi connectivity index (χ1v) is 9.35. The van der Waals surface area contributed by atoms with E-state index in [0.717, 1.165) is 16.0 Å². The first-order chi connectivity index (χ1) is 11.1. The maximum atomic E-state index is 13.0. The highest BCUT2D eigenvalue weighted by Crippen LogP contribution is 2.37. The molecule has 0 radical (unpaired) electrons. The molecule has 0 spiro atoms. The zero-order chi connectivity index (χ0) is 16.2. The lowest BCUT2D eigenvalue weighted by Crippen LogP contribution is -2.34. The summed E-state index contributed by atoms with van der Waals surface area (Å²) in [6.45, 7) is 3.66. The number of carbonyl (C=O) groups is 2. The SMILES string of the molecule is Cc1ccc(SC2CCCC2)c(C(=O)N2CCNC(=O)CC2)c1. The maximum Gasteiger partial charge on any atom is 0.255 e. The van der Waals surface area contributed by atoms with Crippen molar-refractivity contribution in [2.45, 2.75) is 49.2 Å². The Balaban J connectivity index is 1.80. The lowest BCUT2D eigenvalue weighted by molar-refractivity contribution is -0.120. The highest BCUT2D eigenvalue weighted by Gasteiger charge is 2.24. The third kappa shape index (κ3) is 4.08. The number of benzene rings is 1. The van der Waals surface area contributed by atoms with Gasteiger partial charge in [-0.3, -0.25) is 9.59 Å². The van der Waals surface area contributed by atoms with Gasteiger partial charge in [0.25, 0.3) is 5.91 Å². The normalized spacial score (nSPS) is 19.5. The van der Waals surface area contributed by atoms with E-state index in [1.165, 1.54) is 25.7 Å². The summed E-state index contributed by atoms with van der Waals surface area (Å²) in [6, 6.07) is 6.17. The van der Waals surface area contributed by atoms with Crippen molar-refractivity contribution in [3.8, 4) is 0 Å². The summed E-state index contributed by atoms with van der Waals surface area (Å²) >= 11 is 1.85. The molecule has 1 aromatic carbocycles. The standard InChI is InChI=1S/C18H24N2O2S/c1-13-6-7-16(23-14-4-2-3-5-14)15(12-13)18(22)20-10-8-17(21)19-9-11-20/h6-7,12,14H,2-5,8-11H2,1H3,(H,19,21). The van der Waals surface area contributed by atoms with E-state index in [-0.39, 0.29) is 11.8 Å². The minimum atomic E-state index is 0.0325. The molecule has 2 aliphatic rings. The topological polar surface area (TPSA) is 49.4 Å². The number of carbonyl (C=O) groups excluding carboxylic acids is 2. The molecule has 124 valence electrons. The van der Waals surface area contributed by atoms with Crippen molar-refractivity contribution in [1.29, 1.82) is 0 Å². The van der Waals surface area contributed by atoms with Gasteiger partial charge in [-0.15, -0.1) is 11.8 Å². The quantitative estimate of drug-likeness (QED) is 0.926. The number of hydrogen-bond acceptors (Lipinski definition) is 3. The van der Waals surface area contributed by atoms with Crippen LogP contribution in [-0.4, -0.2) is 41.6 Å². The Kier molecular flexibility index (Phi) is 5.26. The second-order valence-electron chi connectivity index (χ2n) is 6.42. The predicted octanol–water partition coefficient (Wildman–Crippen LogP) is 2.99. The van der Waals surface area contributed by atoms with Gasteiger partial charge >= 0.3 is 0 Å². The largest absolute Gasteiger partial charge is 0.354 e. The highest BCUT2D eigenvalue weighted by atomic mass is 32.2. The van der Waals surface area contributed by atoms with Crippen molar-refractivity contribution in [3.05, 3.63) is 29.3 Å². The molecule has 1 N–H and O–H groups in total. The van der Waals surface area contributed by atoms with Gasteiger partial charge in [-0.25, -0.2) is 0 Å². The summed E-state index contributed by atoms with van der Waals surface area (Å²) in [5.41, 5.74) is 1.91. The third-order valence-corrected chi connectivity index (χ3v) is 5.98. The summed E-state index contributed by atoms with van der Waals surface area (Å²) < 4.78 is 0. The van der Waals surface area contributed by atoms with Crippen molar-refractivity contribution in [3.63, 3.8) is 0 Å². The molecule has 1 heterocycles. The zero-order valence-electron chi connectivity index (χ0n) is 13.6. The van der Waals surface area contributed by atoms with Crippen LogP contribution in [0.2, 0.25) is 0 Å². The van der Waals surface area contributed by atoms with E-state index in [4.69, 9.17) is 0 Å². The first-order valence-electron chi connectivity index (χ1n) is 8.47. The van der Waals surface area contributed by atoms with Gasteiger partial charge in [-0.1, -0.05) is 24.5 Å². The van der Waals surface area contributed by atoms with Crippen molar-refractivity contribution in [2.75, 3.05) is 19.6 Å². The molecular weight excluding hydrogens is 308 g/mol. The minimum absolute atomic E-state index is 0.0325. The molecule has 4 nitrogen and oxygen atoms in total. The summed E-state index contributed by atoms with van der Waals surface area (Å²) in [6.07, 6.45) is 5.48. The fraction of sp³-hybridized carbons (Fsp3) is 0.556. The molecular formula is C18H24N2O2S. The summed E-state index contributed by atoms with van der Waals surface area (Å²) in [7, 11) is 0. The summed E-state index contributed by atoms with van der Waals surface area (Å²) in [5, 5.41) is 3.46. The first kappa shape index (κ1) is 16.4. The maximum absolute atomic E-state index is 13.0. The lowest BCUT2D eigenvalue weighted by atomic mass is 10.1. The second-order valence-corrected chi connectivity index (χ2v) is 7.76. The van der Waals surface area contributed by atoms with Crippen LogP contribution >= 0.6 is 11.8 Å². The average molecular weight is 332 g/mol. The molecule has 1 saturated heterocycles. The van der Waals surface area contributed by atoms with E-state index in [1.807, 2.05) is 29.7 Å². The molecule has 0 unspecified atom stereocenters. The minimum Gasteiger partial charge on any atom is -0.354 e. The lowest BCUT2D eigenvalue weighted by Gasteiger charge is -2.22. The summed E-state index contributed by atoms with van der Waals surface area (Å²) in [5.74, 6) is 0.0933. The molecule has 0 aromatic heterocycles. The number of aryl methyl sites for hydroxylation is 1. The van der Waals surface area contributed by atoms with Crippen molar-refractivity contribution < 1.29 is 9.59 Å². The molecule has 2 amide bonds. The molecule has 5 heteroatoms. The number of nitrogens with one attached hydrogen (secondary N) is 1. The van der Waals surface area contributed by atoms with E-state index in [0.29, 0.717) is 31.3 Å².